The summed E-state index contributed by atoms with van der Waals surface area (Å²) in [6.45, 7) is 4.28. The van der Waals surface area contributed by atoms with Gasteiger partial charge in [-0.1, -0.05) is 61.5 Å². The number of rotatable bonds is 6. The smallest absolute Gasteiger partial charge is 0.293 e. The molecule has 1 aliphatic heterocycles. The highest BCUT2D eigenvalue weighted by Gasteiger charge is 2.37. The first-order valence-electron chi connectivity index (χ1n) is 10.0. The van der Waals surface area contributed by atoms with E-state index in [2.05, 4.69) is 30.3 Å². The quantitative estimate of drug-likeness (QED) is 0.445. The van der Waals surface area contributed by atoms with Crippen LogP contribution >= 0.6 is 11.8 Å². The zero-order valence-corrected chi connectivity index (χ0v) is 17.8. The molecule has 1 fully saturated rings. The Hall–Kier alpha value is -3.05. The van der Waals surface area contributed by atoms with Gasteiger partial charge in [-0.15, -0.1) is 0 Å². The lowest BCUT2D eigenvalue weighted by atomic mass is 10.1. The fourth-order valence-corrected chi connectivity index (χ4v) is 4.33. The van der Waals surface area contributed by atoms with Crippen LogP contribution in [0.4, 0.5) is 4.79 Å². The van der Waals surface area contributed by atoms with E-state index in [9.17, 15) is 9.59 Å². The molecular weight excluding hydrogens is 394 g/mol. The van der Waals surface area contributed by atoms with Gasteiger partial charge in [-0.2, -0.15) is 0 Å². The molecule has 152 valence electrons. The van der Waals surface area contributed by atoms with Gasteiger partial charge in [-0.25, -0.2) is 0 Å². The summed E-state index contributed by atoms with van der Waals surface area (Å²) in [5.41, 5.74) is 1.86. The third-order valence-electron chi connectivity index (χ3n) is 5.27. The van der Waals surface area contributed by atoms with Crippen molar-refractivity contribution in [2.24, 2.45) is 0 Å². The minimum absolute atomic E-state index is 0.109. The fourth-order valence-electron chi connectivity index (χ4n) is 3.40. The summed E-state index contributed by atoms with van der Waals surface area (Å²) in [4.78, 5) is 26.8. The van der Waals surface area contributed by atoms with Gasteiger partial charge in [-0.05, 0) is 59.7 Å². The van der Waals surface area contributed by atoms with Crippen molar-refractivity contribution in [3.63, 3.8) is 0 Å². The molecule has 0 unspecified atom stereocenters. The van der Waals surface area contributed by atoms with Crippen LogP contribution in [0.2, 0.25) is 0 Å². The van der Waals surface area contributed by atoms with E-state index in [-0.39, 0.29) is 17.2 Å². The summed E-state index contributed by atoms with van der Waals surface area (Å²) in [6, 6.07) is 21.9. The average Bonchev–Trinajstić information content (AvgIpc) is 3.05. The predicted molar refractivity (Wildman–Crippen MR) is 122 cm³/mol. The standard InChI is InChI=1S/C25H23NO3S/c1-3-17(2)26-24(27)23(30-25(26)28)15-21-10-6-7-11-22(21)29-16-18-12-13-19-8-4-5-9-20(19)14-18/h4-15,17H,3,16H2,1-2H3/b23-15+/t17-/m1/s1. The molecule has 0 aliphatic carbocycles. The van der Waals surface area contributed by atoms with Crippen molar-refractivity contribution in [1.29, 1.82) is 0 Å². The van der Waals surface area contributed by atoms with Gasteiger partial charge in [0.05, 0.1) is 4.91 Å². The first-order chi connectivity index (χ1) is 14.6. The number of imide groups is 1. The maximum absolute atomic E-state index is 12.7. The SMILES string of the molecule is CC[C@@H](C)N1C(=O)S/C(=C/c2ccccc2OCc2ccc3ccccc3c2)C1=O. The second-order valence-corrected chi connectivity index (χ2v) is 8.31. The van der Waals surface area contributed by atoms with Crippen molar-refractivity contribution < 1.29 is 14.3 Å². The summed E-state index contributed by atoms with van der Waals surface area (Å²) < 4.78 is 6.08. The van der Waals surface area contributed by atoms with Crippen molar-refractivity contribution in [2.75, 3.05) is 0 Å². The summed E-state index contributed by atoms with van der Waals surface area (Å²) in [5.74, 6) is 0.449. The fraction of sp³-hybridized carbons (Fsp3) is 0.200. The van der Waals surface area contributed by atoms with E-state index in [1.807, 2.05) is 50.2 Å². The van der Waals surface area contributed by atoms with Crippen LogP contribution in [0.25, 0.3) is 16.8 Å². The van der Waals surface area contributed by atoms with E-state index in [4.69, 9.17) is 4.74 Å². The number of nitrogens with zero attached hydrogens (tertiary/aromatic N) is 1. The van der Waals surface area contributed by atoms with Crippen molar-refractivity contribution in [1.82, 2.24) is 4.90 Å². The number of para-hydroxylation sites is 1. The molecule has 0 radical (unpaired) electrons. The molecule has 0 spiro atoms. The normalized spacial score (nSPS) is 16.5. The molecule has 4 nitrogen and oxygen atoms in total. The highest BCUT2D eigenvalue weighted by molar-refractivity contribution is 8.18. The van der Waals surface area contributed by atoms with Gasteiger partial charge in [0.2, 0.25) is 0 Å². The lowest BCUT2D eigenvalue weighted by Crippen LogP contribution is -2.36. The van der Waals surface area contributed by atoms with Gasteiger partial charge in [0.1, 0.15) is 12.4 Å². The number of amides is 2. The summed E-state index contributed by atoms with van der Waals surface area (Å²) in [6.07, 6.45) is 2.49. The van der Waals surface area contributed by atoms with Crippen molar-refractivity contribution in [2.45, 2.75) is 32.9 Å². The van der Waals surface area contributed by atoms with Crippen LogP contribution in [-0.2, 0) is 11.4 Å². The first-order valence-corrected chi connectivity index (χ1v) is 10.8. The molecule has 0 bridgehead atoms. The third kappa shape index (κ3) is 4.12. The van der Waals surface area contributed by atoms with Crippen LogP contribution < -0.4 is 4.74 Å². The molecule has 0 N–H and O–H groups in total. The van der Waals surface area contributed by atoms with Crippen molar-refractivity contribution >= 4 is 39.8 Å². The number of hydrogen-bond acceptors (Lipinski definition) is 4. The number of carbonyl (C=O) groups excluding carboxylic acids is 2. The van der Waals surface area contributed by atoms with Crippen molar-refractivity contribution in [3.8, 4) is 5.75 Å². The molecule has 4 rings (SSSR count). The van der Waals surface area contributed by atoms with Gasteiger partial charge in [0.25, 0.3) is 11.1 Å². The average molecular weight is 418 g/mol. The Bertz CT molecular complexity index is 1140. The number of fused-ring (bicyclic) bond motifs is 1. The Kier molecular flexibility index (Phi) is 5.91. The van der Waals surface area contributed by atoms with Gasteiger partial charge < -0.3 is 4.74 Å². The summed E-state index contributed by atoms with van der Waals surface area (Å²) in [7, 11) is 0. The predicted octanol–water partition coefficient (Wildman–Crippen LogP) is 6.25. The topological polar surface area (TPSA) is 46.6 Å². The van der Waals surface area contributed by atoms with E-state index in [1.54, 1.807) is 6.08 Å². The minimum atomic E-state index is -0.233. The molecule has 1 heterocycles. The van der Waals surface area contributed by atoms with Crippen LogP contribution in [0.1, 0.15) is 31.4 Å². The largest absolute Gasteiger partial charge is 0.488 e. The molecule has 3 aromatic carbocycles. The van der Waals surface area contributed by atoms with Gasteiger partial charge in [0, 0.05) is 11.6 Å². The Morgan fingerprint density at radius 3 is 2.53 bits per heavy atom. The van der Waals surface area contributed by atoms with E-state index in [0.717, 1.165) is 29.3 Å². The lowest BCUT2D eigenvalue weighted by molar-refractivity contribution is -0.124. The van der Waals surface area contributed by atoms with Gasteiger partial charge >= 0.3 is 0 Å². The minimum Gasteiger partial charge on any atom is -0.488 e. The second kappa shape index (κ2) is 8.76. The van der Waals surface area contributed by atoms with Gasteiger partial charge in [-0.3, -0.25) is 14.5 Å². The lowest BCUT2D eigenvalue weighted by Gasteiger charge is -2.19. The molecule has 1 saturated heterocycles. The molecule has 1 atom stereocenters. The third-order valence-corrected chi connectivity index (χ3v) is 6.15. The van der Waals surface area contributed by atoms with E-state index >= 15 is 0 Å². The number of benzene rings is 3. The number of hydrogen-bond donors (Lipinski definition) is 0. The highest BCUT2D eigenvalue weighted by Crippen LogP contribution is 2.35. The Balaban J connectivity index is 1.54. The van der Waals surface area contributed by atoms with Gasteiger partial charge in [0.15, 0.2) is 0 Å². The Morgan fingerprint density at radius 2 is 1.73 bits per heavy atom. The zero-order chi connectivity index (χ0) is 21.1. The molecule has 3 aromatic rings. The highest BCUT2D eigenvalue weighted by atomic mass is 32.2. The molecule has 30 heavy (non-hydrogen) atoms. The van der Waals surface area contributed by atoms with E-state index in [0.29, 0.717) is 17.3 Å². The van der Waals surface area contributed by atoms with Crippen LogP contribution in [0.3, 0.4) is 0 Å². The monoisotopic (exact) mass is 417 g/mol. The zero-order valence-electron chi connectivity index (χ0n) is 17.0. The van der Waals surface area contributed by atoms with E-state index in [1.165, 1.54) is 15.7 Å². The van der Waals surface area contributed by atoms with E-state index < -0.39 is 0 Å². The number of carbonyl (C=O) groups is 2. The maximum atomic E-state index is 12.7. The second-order valence-electron chi connectivity index (χ2n) is 7.32. The van der Waals surface area contributed by atoms with Crippen molar-refractivity contribution in [3.05, 3.63) is 82.8 Å². The Labute approximate surface area is 180 Å². The molecule has 5 heteroatoms. The maximum Gasteiger partial charge on any atom is 0.293 e. The van der Waals surface area contributed by atoms with Crippen LogP contribution in [0, 0.1) is 0 Å². The number of ether oxygens (including phenoxy) is 1. The summed E-state index contributed by atoms with van der Waals surface area (Å²) >= 11 is 0.988. The first kappa shape index (κ1) is 20.2. The molecule has 1 aliphatic rings. The number of thioether (sulfide) groups is 1. The van der Waals surface area contributed by atoms with Crippen LogP contribution in [0.15, 0.2) is 71.6 Å². The summed E-state index contributed by atoms with van der Waals surface area (Å²) in [5, 5.41) is 2.15. The molecular formula is C25H23NO3S. The Morgan fingerprint density at radius 1 is 1.00 bits per heavy atom. The van der Waals surface area contributed by atoms with Crippen LogP contribution in [-0.4, -0.2) is 22.1 Å². The molecule has 0 aromatic heterocycles. The molecule has 0 saturated carbocycles. The van der Waals surface area contributed by atoms with Crippen LogP contribution in [0.5, 0.6) is 5.75 Å². The molecule has 2 amide bonds.